The predicted octanol–water partition coefficient (Wildman–Crippen LogP) is 1.85. The van der Waals surface area contributed by atoms with E-state index in [4.69, 9.17) is 14.6 Å². The highest BCUT2D eigenvalue weighted by atomic mass is 16.6. The second kappa shape index (κ2) is 4.91. The predicted molar refractivity (Wildman–Crippen MR) is 62.0 cm³/mol. The maximum atomic E-state index is 10.9. The molecule has 0 spiro atoms. The molecule has 0 aliphatic carbocycles. The molecule has 1 N–H and O–H groups in total. The van der Waals surface area contributed by atoms with Gasteiger partial charge in [-0.15, -0.1) is 0 Å². The van der Waals surface area contributed by atoms with Gasteiger partial charge < -0.3 is 14.6 Å². The highest BCUT2D eigenvalue weighted by molar-refractivity contribution is 5.77. The molecule has 7 nitrogen and oxygen atoms in total. The van der Waals surface area contributed by atoms with Crippen LogP contribution in [0.25, 0.3) is 0 Å². The third kappa shape index (κ3) is 2.88. The van der Waals surface area contributed by atoms with Crippen molar-refractivity contribution in [3.8, 4) is 11.5 Å². The summed E-state index contributed by atoms with van der Waals surface area (Å²) in [5.41, 5.74) is -1.90. The van der Waals surface area contributed by atoms with Gasteiger partial charge in [-0.1, -0.05) is 0 Å². The molecule has 1 rings (SSSR count). The highest BCUT2D eigenvalue weighted by Crippen LogP contribution is 2.33. The van der Waals surface area contributed by atoms with Crippen molar-refractivity contribution in [2.75, 3.05) is 7.11 Å². The largest absolute Gasteiger partial charge is 0.496 e. The van der Waals surface area contributed by atoms with Crippen LogP contribution in [0.1, 0.15) is 13.8 Å². The fraction of sp³-hybridized carbons (Fsp3) is 0.364. The highest BCUT2D eigenvalue weighted by Gasteiger charge is 2.32. The van der Waals surface area contributed by atoms with Crippen LogP contribution in [0, 0.1) is 10.1 Å². The Labute approximate surface area is 103 Å². The van der Waals surface area contributed by atoms with Gasteiger partial charge in [-0.3, -0.25) is 10.1 Å². The summed E-state index contributed by atoms with van der Waals surface area (Å²) in [5.74, 6) is -1.04. The number of nitro groups is 1. The first kappa shape index (κ1) is 13.8. The normalized spacial score (nSPS) is 10.8. The first-order valence-electron chi connectivity index (χ1n) is 5.03. The van der Waals surface area contributed by atoms with Crippen molar-refractivity contribution < 1.29 is 24.3 Å². The number of carboxylic acid groups (broad SMARTS) is 1. The van der Waals surface area contributed by atoms with Gasteiger partial charge in [0, 0.05) is 0 Å². The number of methoxy groups -OCH3 is 1. The van der Waals surface area contributed by atoms with Crippen LogP contribution in [-0.4, -0.2) is 28.7 Å². The Balaban J connectivity index is 3.17. The first-order chi connectivity index (χ1) is 8.27. The minimum atomic E-state index is -1.56. The number of hydrogen-bond donors (Lipinski definition) is 1. The van der Waals surface area contributed by atoms with E-state index in [0.29, 0.717) is 5.75 Å². The van der Waals surface area contributed by atoms with E-state index in [0.717, 1.165) is 0 Å². The molecule has 0 unspecified atom stereocenters. The summed E-state index contributed by atoms with van der Waals surface area (Å²) in [6.45, 7) is 2.62. The molecule has 0 atom stereocenters. The monoisotopic (exact) mass is 255 g/mol. The van der Waals surface area contributed by atoms with Gasteiger partial charge in [0.05, 0.1) is 18.1 Å². The van der Waals surface area contributed by atoms with Crippen LogP contribution in [0.5, 0.6) is 11.5 Å². The Morgan fingerprint density at radius 2 is 2.06 bits per heavy atom. The molecular weight excluding hydrogens is 242 g/mol. The minimum Gasteiger partial charge on any atom is -0.496 e. The summed E-state index contributed by atoms with van der Waals surface area (Å²) in [7, 11) is 1.38. The van der Waals surface area contributed by atoms with E-state index in [2.05, 4.69) is 0 Å². The van der Waals surface area contributed by atoms with Gasteiger partial charge in [-0.2, -0.15) is 0 Å². The number of benzene rings is 1. The summed E-state index contributed by atoms with van der Waals surface area (Å²) in [4.78, 5) is 21.1. The quantitative estimate of drug-likeness (QED) is 0.636. The van der Waals surface area contributed by atoms with Crippen LogP contribution in [0.3, 0.4) is 0 Å². The standard InChI is InChI=1S/C11H13NO6/c1-11(2,10(13)14)18-9-5-4-7(17-3)6-8(9)12(15)16/h4-6H,1-3H3,(H,13,14). The molecule has 0 amide bonds. The van der Waals surface area contributed by atoms with Gasteiger partial charge in [-0.05, 0) is 26.0 Å². The van der Waals surface area contributed by atoms with Gasteiger partial charge in [0.2, 0.25) is 0 Å². The van der Waals surface area contributed by atoms with E-state index in [1.165, 1.54) is 39.2 Å². The van der Waals surface area contributed by atoms with E-state index < -0.39 is 16.5 Å². The molecule has 0 radical (unpaired) electrons. The number of nitro benzene ring substituents is 1. The van der Waals surface area contributed by atoms with Gasteiger partial charge in [0.1, 0.15) is 5.75 Å². The summed E-state index contributed by atoms with van der Waals surface area (Å²) >= 11 is 0. The zero-order valence-electron chi connectivity index (χ0n) is 10.2. The third-order valence-electron chi connectivity index (χ3n) is 2.24. The topological polar surface area (TPSA) is 98.9 Å². The van der Waals surface area contributed by atoms with Crippen LogP contribution in [0.15, 0.2) is 18.2 Å². The minimum absolute atomic E-state index is 0.117. The van der Waals surface area contributed by atoms with Gasteiger partial charge in [0.15, 0.2) is 11.4 Å². The third-order valence-corrected chi connectivity index (χ3v) is 2.24. The number of aliphatic carboxylic acids is 1. The van der Waals surface area contributed by atoms with E-state index in [9.17, 15) is 14.9 Å². The molecule has 1 aromatic rings. The second-order valence-corrected chi connectivity index (χ2v) is 4.01. The lowest BCUT2D eigenvalue weighted by molar-refractivity contribution is -0.386. The maximum absolute atomic E-state index is 10.9. The van der Waals surface area contributed by atoms with Crippen molar-refractivity contribution in [2.45, 2.75) is 19.4 Å². The van der Waals surface area contributed by atoms with E-state index in [1.54, 1.807) is 0 Å². The van der Waals surface area contributed by atoms with Crippen LogP contribution in [-0.2, 0) is 4.79 Å². The molecule has 0 heterocycles. The maximum Gasteiger partial charge on any atom is 0.347 e. The van der Waals surface area contributed by atoms with Gasteiger partial charge >= 0.3 is 11.7 Å². The van der Waals surface area contributed by atoms with Crippen molar-refractivity contribution in [1.29, 1.82) is 0 Å². The Morgan fingerprint density at radius 1 is 1.44 bits per heavy atom. The summed E-state index contributed by atoms with van der Waals surface area (Å²) in [6.07, 6.45) is 0. The lowest BCUT2D eigenvalue weighted by atomic mass is 10.1. The zero-order chi connectivity index (χ0) is 13.9. The number of nitrogens with zero attached hydrogens (tertiary/aromatic N) is 1. The molecule has 0 aromatic heterocycles. The number of rotatable bonds is 5. The lowest BCUT2D eigenvalue weighted by Gasteiger charge is -2.21. The molecule has 18 heavy (non-hydrogen) atoms. The van der Waals surface area contributed by atoms with Crippen LogP contribution >= 0.6 is 0 Å². The fourth-order valence-electron chi connectivity index (χ4n) is 1.17. The number of carbonyl (C=O) groups is 1. The smallest absolute Gasteiger partial charge is 0.347 e. The Hall–Kier alpha value is -2.31. The fourth-order valence-corrected chi connectivity index (χ4v) is 1.17. The van der Waals surface area contributed by atoms with Gasteiger partial charge in [-0.25, -0.2) is 4.79 Å². The lowest BCUT2D eigenvalue weighted by Crippen LogP contribution is -2.38. The molecular formula is C11H13NO6. The van der Waals surface area contributed by atoms with Crippen LogP contribution in [0.2, 0.25) is 0 Å². The summed E-state index contributed by atoms with van der Waals surface area (Å²) in [6, 6.07) is 3.94. The molecule has 0 aliphatic rings. The van der Waals surface area contributed by atoms with Gasteiger partial charge in [0.25, 0.3) is 0 Å². The first-order valence-corrected chi connectivity index (χ1v) is 5.03. The van der Waals surface area contributed by atoms with E-state index in [-0.39, 0.29) is 11.4 Å². The Kier molecular flexibility index (Phi) is 3.75. The van der Waals surface area contributed by atoms with Crippen LogP contribution < -0.4 is 9.47 Å². The summed E-state index contributed by atoms with van der Waals surface area (Å²) in [5, 5.41) is 19.8. The zero-order valence-corrected chi connectivity index (χ0v) is 10.2. The second-order valence-electron chi connectivity index (χ2n) is 4.01. The average molecular weight is 255 g/mol. The molecule has 0 saturated carbocycles. The van der Waals surface area contributed by atoms with Crippen molar-refractivity contribution >= 4 is 11.7 Å². The summed E-state index contributed by atoms with van der Waals surface area (Å²) < 4.78 is 10.0. The number of carboxylic acids is 1. The van der Waals surface area contributed by atoms with E-state index in [1.807, 2.05) is 0 Å². The van der Waals surface area contributed by atoms with Crippen LogP contribution in [0.4, 0.5) is 5.69 Å². The average Bonchev–Trinajstić information content (AvgIpc) is 2.28. The van der Waals surface area contributed by atoms with Crippen molar-refractivity contribution in [1.82, 2.24) is 0 Å². The van der Waals surface area contributed by atoms with Crippen molar-refractivity contribution in [2.24, 2.45) is 0 Å². The van der Waals surface area contributed by atoms with Crippen molar-refractivity contribution in [3.05, 3.63) is 28.3 Å². The molecule has 98 valence electrons. The number of hydrogen-bond acceptors (Lipinski definition) is 5. The molecule has 0 bridgehead atoms. The molecule has 0 saturated heterocycles. The molecule has 0 fully saturated rings. The Bertz CT molecular complexity index is 482. The molecule has 0 aliphatic heterocycles. The van der Waals surface area contributed by atoms with E-state index >= 15 is 0 Å². The molecule has 1 aromatic carbocycles. The SMILES string of the molecule is COc1ccc(OC(C)(C)C(=O)O)c([N+](=O)[O-])c1. The molecule has 7 heteroatoms. The van der Waals surface area contributed by atoms with Crippen molar-refractivity contribution in [3.63, 3.8) is 0 Å². The number of ether oxygens (including phenoxy) is 2. The Morgan fingerprint density at radius 3 is 2.50 bits per heavy atom.